The lowest BCUT2D eigenvalue weighted by Gasteiger charge is -2.24. The molecule has 0 unspecified atom stereocenters. The lowest BCUT2D eigenvalue weighted by molar-refractivity contribution is 0.0311. The minimum Gasteiger partial charge on any atom is -0.383 e. The van der Waals surface area contributed by atoms with Crippen LogP contribution in [0.2, 0.25) is 0 Å². The molecule has 0 aliphatic carbocycles. The van der Waals surface area contributed by atoms with E-state index in [-0.39, 0.29) is 11.6 Å². The molecule has 0 bridgehead atoms. The summed E-state index contributed by atoms with van der Waals surface area (Å²) in [5.41, 5.74) is 1.98. The Hall–Kier alpha value is -2.80. The largest absolute Gasteiger partial charge is 0.383 e. The number of ether oxygens (including phenoxy) is 1. The number of rotatable bonds is 8. The van der Waals surface area contributed by atoms with Gasteiger partial charge >= 0.3 is 0 Å². The molecule has 3 rings (SSSR count). The van der Waals surface area contributed by atoms with Crippen molar-refractivity contribution in [1.82, 2.24) is 9.55 Å². The molecule has 0 aliphatic heterocycles. The number of hydrogen-bond acceptors (Lipinski definition) is 4. The average Bonchev–Trinajstić information content (AvgIpc) is 2.67. The van der Waals surface area contributed by atoms with Crippen LogP contribution in [-0.4, -0.2) is 42.8 Å². The van der Waals surface area contributed by atoms with Crippen LogP contribution in [0.3, 0.4) is 0 Å². The molecule has 0 radical (unpaired) electrons. The van der Waals surface area contributed by atoms with Gasteiger partial charge in [-0.3, -0.25) is 9.36 Å². The smallest absolute Gasteiger partial charge is 0.262 e. The summed E-state index contributed by atoms with van der Waals surface area (Å²) in [5, 5.41) is 0.401. The monoisotopic (exact) mass is 415 g/mol. The lowest BCUT2D eigenvalue weighted by Crippen LogP contribution is -2.33. The fourth-order valence-corrected chi connectivity index (χ4v) is 3.78. The molecule has 0 amide bonds. The third-order valence-corrected chi connectivity index (χ3v) is 5.05. The summed E-state index contributed by atoms with van der Waals surface area (Å²) in [7, 11) is 3.19. The first-order chi connectivity index (χ1) is 14.2. The molecule has 1 aromatic heterocycles. The summed E-state index contributed by atoms with van der Waals surface area (Å²) in [6, 6.07) is 14.7. The van der Waals surface area contributed by atoms with E-state index in [4.69, 9.17) is 4.74 Å². The number of anilines is 1. The highest BCUT2D eigenvalue weighted by atomic mass is 19.3. The van der Waals surface area contributed by atoms with Crippen LogP contribution in [0.5, 0.6) is 0 Å². The molecule has 30 heavy (non-hydrogen) atoms. The highest BCUT2D eigenvalue weighted by molar-refractivity contribution is 5.81. The van der Waals surface area contributed by atoms with Crippen molar-refractivity contribution < 1.29 is 13.5 Å². The van der Waals surface area contributed by atoms with E-state index in [2.05, 4.69) is 4.98 Å². The van der Waals surface area contributed by atoms with Gasteiger partial charge in [-0.05, 0) is 37.1 Å². The Balaban J connectivity index is 2.06. The molecule has 0 saturated heterocycles. The maximum atomic E-state index is 13.4. The minimum atomic E-state index is -2.84. The number of hydrogen-bond donors (Lipinski definition) is 0. The molecule has 2 aromatic carbocycles. The van der Waals surface area contributed by atoms with E-state index in [0.29, 0.717) is 35.4 Å². The second kappa shape index (κ2) is 8.92. The van der Waals surface area contributed by atoms with Crippen molar-refractivity contribution in [1.29, 1.82) is 0 Å². The van der Waals surface area contributed by atoms with Crippen LogP contribution in [0.1, 0.15) is 24.4 Å². The first kappa shape index (κ1) is 21.9. The van der Waals surface area contributed by atoms with Gasteiger partial charge in [0.2, 0.25) is 0 Å². The van der Waals surface area contributed by atoms with Gasteiger partial charge in [-0.1, -0.05) is 30.3 Å². The Kier molecular flexibility index (Phi) is 6.51. The number of aromatic nitrogens is 2. The lowest BCUT2D eigenvalue weighted by atomic mass is 10.1. The zero-order valence-corrected chi connectivity index (χ0v) is 17.7. The Labute approximate surface area is 174 Å². The van der Waals surface area contributed by atoms with Gasteiger partial charge in [-0.25, -0.2) is 13.8 Å². The van der Waals surface area contributed by atoms with Crippen molar-refractivity contribution in [2.75, 3.05) is 32.2 Å². The zero-order valence-electron chi connectivity index (χ0n) is 17.7. The molecule has 1 atom stereocenters. The fourth-order valence-electron chi connectivity index (χ4n) is 3.78. The zero-order chi connectivity index (χ0) is 21.9. The van der Waals surface area contributed by atoms with E-state index in [1.54, 1.807) is 43.8 Å². The molecular formula is C23H27F2N3O2. The van der Waals surface area contributed by atoms with Crippen molar-refractivity contribution in [3.05, 3.63) is 70.3 Å². The second-order valence-corrected chi connectivity index (χ2v) is 7.76. The van der Waals surface area contributed by atoms with E-state index in [9.17, 15) is 13.6 Å². The number of nitrogens with zero attached hydrogens (tertiary/aromatic N) is 3. The average molecular weight is 415 g/mol. The first-order valence-corrected chi connectivity index (χ1v) is 9.84. The minimum absolute atomic E-state index is 0.200. The van der Waals surface area contributed by atoms with Crippen molar-refractivity contribution in [3.8, 4) is 0 Å². The predicted octanol–water partition coefficient (Wildman–Crippen LogP) is 4.23. The number of methoxy groups -OCH3 is 1. The maximum Gasteiger partial charge on any atom is 0.262 e. The Morgan fingerprint density at radius 2 is 1.90 bits per heavy atom. The molecule has 3 aromatic rings. The Bertz CT molecular complexity index is 1060. The topological polar surface area (TPSA) is 47.4 Å². The molecule has 0 saturated carbocycles. The van der Waals surface area contributed by atoms with Crippen molar-refractivity contribution >= 4 is 16.6 Å². The summed E-state index contributed by atoms with van der Waals surface area (Å²) in [6.45, 7) is 2.59. The van der Waals surface area contributed by atoms with Crippen molar-refractivity contribution in [2.45, 2.75) is 32.2 Å². The van der Waals surface area contributed by atoms with Crippen LogP contribution in [0.15, 0.2) is 53.3 Å². The maximum absolute atomic E-state index is 13.4. The molecule has 160 valence electrons. The van der Waals surface area contributed by atoms with Crippen LogP contribution in [0.25, 0.3) is 10.9 Å². The molecule has 7 heteroatoms. The molecule has 0 fully saturated rings. The van der Waals surface area contributed by atoms with Gasteiger partial charge in [0.05, 0.1) is 30.1 Å². The van der Waals surface area contributed by atoms with Crippen LogP contribution >= 0.6 is 0 Å². The number of benzene rings is 2. The summed E-state index contributed by atoms with van der Waals surface area (Å²) in [4.78, 5) is 19.5. The normalized spacial score (nSPS) is 12.9. The number of aryl methyl sites for hydroxylation is 1. The number of alkyl halides is 2. The number of halogens is 2. The van der Waals surface area contributed by atoms with Gasteiger partial charge < -0.3 is 9.64 Å². The van der Waals surface area contributed by atoms with Gasteiger partial charge in [0.1, 0.15) is 5.82 Å². The summed E-state index contributed by atoms with van der Waals surface area (Å²) in [6.07, 6.45) is 0.615. The van der Waals surface area contributed by atoms with E-state index < -0.39 is 12.5 Å². The van der Waals surface area contributed by atoms with Crippen LogP contribution < -0.4 is 10.5 Å². The second-order valence-electron chi connectivity index (χ2n) is 7.76. The van der Waals surface area contributed by atoms with E-state index in [0.717, 1.165) is 12.5 Å². The van der Waals surface area contributed by atoms with E-state index in [1.165, 1.54) is 4.90 Å². The van der Waals surface area contributed by atoms with Crippen LogP contribution in [-0.2, 0) is 11.2 Å². The van der Waals surface area contributed by atoms with Gasteiger partial charge in [-0.15, -0.1) is 0 Å². The predicted molar refractivity (Wildman–Crippen MR) is 116 cm³/mol. The fraction of sp³-hybridized carbons (Fsp3) is 0.391. The Morgan fingerprint density at radius 3 is 2.53 bits per heavy atom. The first-order valence-electron chi connectivity index (χ1n) is 9.84. The summed E-state index contributed by atoms with van der Waals surface area (Å²) >= 11 is 0. The van der Waals surface area contributed by atoms with Crippen LogP contribution in [0.4, 0.5) is 14.5 Å². The van der Waals surface area contributed by atoms with E-state index in [1.807, 2.05) is 30.3 Å². The molecule has 1 heterocycles. The highest BCUT2D eigenvalue weighted by Gasteiger charge is 2.24. The third-order valence-electron chi connectivity index (χ3n) is 5.05. The van der Waals surface area contributed by atoms with Crippen molar-refractivity contribution in [2.24, 2.45) is 0 Å². The third kappa shape index (κ3) is 5.02. The summed E-state index contributed by atoms with van der Waals surface area (Å²) in [5.74, 6) is -2.25. The van der Waals surface area contributed by atoms with Gasteiger partial charge in [0.15, 0.2) is 0 Å². The Morgan fingerprint density at radius 1 is 1.20 bits per heavy atom. The SMILES string of the molecule is COC[C@H](Cc1ccccc1)n1c(C)nc2ccc(N(C)CC(C)(F)F)cc2c1=O. The highest BCUT2D eigenvalue weighted by Crippen LogP contribution is 2.23. The standard InChI is InChI=1S/C23H27F2N3O2/c1-16-26-21-11-10-18(27(3)15-23(2,24)25)13-20(21)22(29)28(16)19(14-30-4)12-17-8-6-5-7-9-17/h5-11,13,19H,12,14-15H2,1-4H3/t19-/m0/s1. The molecular weight excluding hydrogens is 388 g/mol. The number of fused-ring (bicyclic) bond motifs is 1. The molecule has 5 nitrogen and oxygen atoms in total. The summed E-state index contributed by atoms with van der Waals surface area (Å²) < 4.78 is 33.9. The van der Waals surface area contributed by atoms with Gasteiger partial charge in [0.25, 0.3) is 11.5 Å². The molecule has 0 aliphatic rings. The quantitative estimate of drug-likeness (QED) is 0.553. The van der Waals surface area contributed by atoms with E-state index >= 15 is 0 Å². The van der Waals surface area contributed by atoms with Crippen molar-refractivity contribution in [3.63, 3.8) is 0 Å². The van der Waals surface area contributed by atoms with Gasteiger partial charge in [-0.2, -0.15) is 0 Å². The van der Waals surface area contributed by atoms with Gasteiger partial charge in [0, 0.05) is 26.8 Å². The van der Waals surface area contributed by atoms with Crippen LogP contribution in [0, 0.1) is 6.92 Å². The molecule has 0 spiro atoms. The molecule has 0 N–H and O–H groups in total.